The van der Waals surface area contributed by atoms with Gasteiger partial charge in [0.2, 0.25) is 17.8 Å². The third-order valence-corrected chi connectivity index (χ3v) is 3.38. The summed E-state index contributed by atoms with van der Waals surface area (Å²) in [5.41, 5.74) is 6.58. The van der Waals surface area contributed by atoms with Crippen LogP contribution in [-0.2, 0) is 0 Å². The molecule has 0 spiro atoms. The monoisotopic (exact) mass is 326 g/mol. The van der Waals surface area contributed by atoms with E-state index in [-0.39, 0.29) is 12.0 Å². The molecule has 0 bridgehead atoms. The van der Waals surface area contributed by atoms with E-state index in [9.17, 15) is 0 Å². The third kappa shape index (κ3) is 3.86. The average Bonchev–Trinajstić information content (AvgIpc) is 2.37. The summed E-state index contributed by atoms with van der Waals surface area (Å²) in [6.45, 7) is 1.95. The van der Waals surface area contributed by atoms with Crippen molar-refractivity contribution in [1.29, 1.82) is 0 Å². The van der Waals surface area contributed by atoms with Crippen LogP contribution in [0.1, 0.15) is 18.5 Å². The van der Waals surface area contributed by atoms with Crippen molar-refractivity contribution in [2.24, 2.45) is 0 Å². The second-order valence-corrected chi connectivity index (χ2v) is 5.59. The van der Waals surface area contributed by atoms with E-state index in [0.29, 0.717) is 21.9 Å². The van der Waals surface area contributed by atoms with Crippen LogP contribution in [0.4, 0.5) is 17.8 Å². The van der Waals surface area contributed by atoms with Crippen molar-refractivity contribution in [2.75, 3.05) is 30.0 Å². The third-order valence-electron chi connectivity index (χ3n) is 2.82. The zero-order valence-corrected chi connectivity index (χ0v) is 13.4. The molecule has 21 heavy (non-hydrogen) atoms. The summed E-state index contributed by atoms with van der Waals surface area (Å²) >= 11 is 12.1. The molecule has 0 aliphatic heterocycles. The van der Waals surface area contributed by atoms with Crippen molar-refractivity contribution in [1.82, 2.24) is 15.0 Å². The number of hydrogen-bond acceptors (Lipinski definition) is 6. The van der Waals surface area contributed by atoms with Crippen molar-refractivity contribution >= 4 is 41.0 Å². The molecule has 0 amide bonds. The number of benzene rings is 1. The van der Waals surface area contributed by atoms with E-state index in [1.165, 1.54) is 0 Å². The maximum absolute atomic E-state index is 6.19. The van der Waals surface area contributed by atoms with E-state index in [4.69, 9.17) is 28.9 Å². The maximum atomic E-state index is 6.19. The average molecular weight is 327 g/mol. The number of nitrogens with zero attached hydrogens (tertiary/aromatic N) is 4. The molecule has 0 saturated carbocycles. The first-order valence-corrected chi connectivity index (χ1v) is 7.02. The Balaban J connectivity index is 2.25. The van der Waals surface area contributed by atoms with E-state index < -0.39 is 0 Å². The Morgan fingerprint density at radius 3 is 2.52 bits per heavy atom. The molecule has 1 atom stereocenters. The van der Waals surface area contributed by atoms with Crippen LogP contribution in [0.3, 0.4) is 0 Å². The Morgan fingerprint density at radius 2 is 1.90 bits per heavy atom. The van der Waals surface area contributed by atoms with E-state index in [1.54, 1.807) is 17.0 Å². The normalized spacial score (nSPS) is 12.0. The van der Waals surface area contributed by atoms with Crippen molar-refractivity contribution in [3.05, 3.63) is 33.8 Å². The summed E-state index contributed by atoms with van der Waals surface area (Å²) < 4.78 is 0. The number of rotatable bonds is 4. The molecule has 2 aromatic rings. The van der Waals surface area contributed by atoms with Crippen molar-refractivity contribution in [3.8, 4) is 0 Å². The number of aromatic nitrogens is 3. The van der Waals surface area contributed by atoms with Crippen LogP contribution in [0.15, 0.2) is 18.2 Å². The van der Waals surface area contributed by atoms with Crippen LogP contribution < -0.4 is 16.0 Å². The first kappa shape index (κ1) is 15.6. The zero-order chi connectivity index (χ0) is 15.6. The van der Waals surface area contributed by atoms with Crippen LogP contribution in [0, 0.1) is 0 Å². The number of nitrogen functional groups attached to an aromatic ring is 1. The Morgan fingerprint density at radius 1 is 1.19 bits per heavy atom. The van der Waals surface area contributed by atoms with Gasteiger partial charge >= 0.3 is 0 Å². The Kier molecular flexibility index (Phi) is 4.69. The summed E-state index contributed by atoms with van der Waals surface area (Å²) in [5, 5.41) is 4.33. The van der Waals surface area contributed by atoms with E-state index in [0.717, 1.165) is 5.56 Å². The topological polar surface area (TPSA) is 80.0 Å². The smallest absolute Gasteiger partial charge is 0.231 e. The lowest BCUT2D eigenvalue weighted by Gasteiger charge is -2.17. The minimum Gasteiger partial charge on any atom is -0.368 e. The van der Waals surface area contributed by atoms with E-state index >= 15 is 0 Å². The molecule has 8 heteroatoms. The lowest BCUT2D eigenvalue weighted by molar-refractivity contribution is 0.850. The predicted molar refractivity (Wildman–Crippen MR) is 87.1 cm³/mol. The van der Waals surface area contributed by atoms with Crippen molar-refractivity contribution in [3.63, 3.8) is 0 Å². The number of anilines is 3. The highest BCUT2D eigenvalue weighted by molar-refractivity contribution is 6.35. The summed E-state index contributed by atoms with van der Waals surface area (Å²) in [5.74, 6) is 1.04. The van der Waals surface area contributed by atoms with Gasteiger partial charge in [-0.25, -0.2) is 0 Å². The summed E-state index contributed by atoms with van der Waals surface area (Å²) in [6, 6.07) is 5.24. The predicted octanol–water partition coefficient (Wildman–Crippen LogP) is 3.00. The Labute approximate surface area is 133 Å². The molecule has 0 fully saturated rings. The van der Waals surface area contributed by atoms with Gasteiger partial charge in [0, 0.05) is 24.1 Å². The van der Waals surface area contributed by atoms with Gasteiger partial charge in [0.05, 0.1) is 6.04 Å². The molecule has 2 rings (SSSR count). The zero-order valence-electron chi connectivity index (χ0n) is 11.9. The summed E-state index contributed by atoms with van der Waals surface area (Å²) in [7, 11) is 3.66. The molecule has 112 valence electrons. The van der Waals surface area contributed by atoms with Crippen LogP contribution in [-0.4, -0.2) is 29.0 Å². The fourth-order valence-electron chi connectivity index (χ4n) is 1.77. The molecular weight excluding hydrogens is 311 g/mol. The molecule has 1 unspecified atom stereocenters. The molecule has 0 saturated heterocycles. The quantitative estimate of drug-likeness (QED) is 0.899. The maximum Gasteiger partial charge on any atom is 0.231 e. The molecule has 1 aromatic heterocycles. The van der Waals surface area contributed by atoms with Gasteiger partial charge in [-0.3, -0.25) is 0 Å². The molecule has 0 aliphatic rings. The van der Waals surface area contributed by atoms with Crippen molar-refractivity contribution in [2.45, 2.75) is 13.0 Å². The van der Waals surface area contributed by atoms with Gasteiger partial charge in [-0.2, -0.15) is 15.0 Å². The van der Waals surface area contributed by atoms with Gasteiger partial charge in [-0.1, -0.05) is 29.3 Å². The largest absolute Gasteiger partial charge is 0.368 e. The minimum absolute atomic E-state index is 0.105. The van der Waals surface area contributed by atoms with E-state index in [1.807, 2.05) is 27.1 Å². The molecule has 1 aromatic carbocycles. The number of halogens is 2. The fourth-order valence-corrected chi connectivity index (χ4v) is 2.34. The standard InChI is InChI=1S/C13H16Cl2N6/c1-7(9-5-4-8(14)6-10(9)15)17-12-18-11(16)19-13(20-12)21(2)3/h4-7H,1-3H3,(H3,16,17,18,19,20). The minimum atomic E-state index is -0.105. The van der Waals surface area contributed by atoms with E-state index in [2.05, 4.69) is 20.3 Å². The summed E-state index contributed by atoms with van der Waals surface area (Å²) in [6.07, 6.45) is 0. The lowest BCUT2D eigenvalue weighted by atomic mass is 10.1. The van der Waals surface area contributed by atoms with Gasteiger partial charge in [0.15, 0.2) is 0 Å². The highest BCUT2D eigenvalue weighted by Gasteiger charge is 2.13. The SMILES string of the molecule is CC(Nc1nc(N)nc(N(C)C)n1)c1ccc(Cl)cc1Cl. The fraction of sp³-hybridized carbons (Fsp3) is 0.308. The van der Waals surface area contributed by atoms with Crippen molar-refractivity contribution < 1.29 is 0 Å². The lowest BCUT2D eigenvalue weighted by Crippen LogP contribution is -2.17. The number of nitrogens with one attached hydrogen (secondary N) is 1. The molecule has 1 heterocycles. The second kappa shape index (κ2) is 6.32. The Bertz CT molecular complexity index is 647. The highest BCUT2D eigenvalue weighted by atomic mass is 35.5. The molecular formula is C13H16Cl2N6. The molecule has 0 aliphatic carbocycles. The van der Waals surface area contributed by atoms with Crippen LogP contribution in [0.5, 0.6) is 0 Å². The second-order valence-electron chi connectivity index (χ2n) is 4.74. The van der Waals surface area contributed by atoms with Gasteiger partial charge in [0.1, 0.15) is 0 Å². The summed E-state index contributed by atoms with van der Waals surface area (Å²) in [4.78, 5) is 14.2. The number of hydrogen-bond donors (Lipinski definition) is 2. The van der Waals surface area contributed by atoms with Crippen LogP contribution >= 0.6 is 23.2 Å². The molecule has 6 nitrogen and oxygen atoms in total. The first-order chi connectivity index (χ1) is 9.86. The van der Waals surface area contributed by atoms with Crippen LogP contribution in [0.25, 0.3) is 0 Å². The Hall–Kier alpha value is -1.79. The van der Waals surface area contributed by atoms with Gasteiger partial charge in [-0.05, 0) is 24.6 Å². The van der Waals surface area contributed by atoms with Gasteiger partial charge in [-0.15, -0.1) is 0 Å². The highest BCUT2D eigenvalue weighted by Crippen LogP contribution is 2.28. The van der Waals surface area contributed by atoms with Gasteiger partial charge < -0.3 is 16.0 Å². The first-order valence-electron chi connectivity index (χ1n) is 6.27. The van der Waals surface area contributed by atoms with Crippen LogP contribution in [0.2, 0.25) is 10.0 Å². The van der Waals surface area contributed by atoms with Gasteiger partial charge in [0.25, 0.3) is 0 Å². The molecule has 3 N–H and O–H groups in total. The number of nitrogens with two attached hydrogens (primary N) is 1. The molecule has 0 radical (unpaired) electrons.